The zero-order chi connectivity index (χ0) is 14.4. The average Bonchev–Trinajstić information content (AvgIpc) is 2.81. The topological polar surface area (TPSA) is 15.3 Å². The van der Waals surface area contributed by atoms with Crippen molar-refractivity contribution in [3.05, 3.63) is 0 Å². The first-order valence-electron chi connectivity index (χ1n) is 9.09. The highest BCUT2D eigenvalue weighted by atomic mass is 15.1. The number of nitrogens with zero attached hydrogens (tertiary/aromatic N) is 1. The van der Waals surface area contributed by atoms with Crippen molar-refractivity contribution in [2.24, 2.45) is 11.3 Å². The molecular formula is C18H36N2. The maximum Gasteiger partial charge on any atom is 0.00766 e. The summed E-state index contributed by atoms with van der Waals surface area (Å²) in [6, 6.07) is 0.752. The highest BCUT2D eigenvalue weighted by Crippen LogP contribution is 2.43. The molecule has 1 aliphatic heterocycles. The van der Waals surface area contributed by atoms with E-state index in [9.17, 15) is 0 Å². The van der Waals surface area contributed by atoms with E-state index >= 15 is 0 Å². The van der Waals surface area contributed by atoms with Crippen LogP contribution in [0.2, 0.25) is 0 Å². The van der Waals surface area contributed by atoms with Crippen LogP contribution in [-0.2, 0) is 0 Å². The number of rotatable bonds is 5. The lowest BCUT2D eigenvalue weighted by molar-refractivity contribution is 0.117. The first-order valence-corrected chi connectivity index (χ1v) is 9.09. The van der Waals surface area contributed by atoms with Crippen LogP contribution in [0.4, 0.5) is 0 Å². The van der Waals surface area contributed by atoms with Gasteiger partial charge in [-0.3, -0.25) is 0 Å². The molecule has 2 fully saturated rings. The quantitative estimate of drug-likeness (QED) is 0.817. The van der Waals surface area contributed by atoms with Crippen molar-refractivity contribution >= 4 is 0 Å². The standard InChI is InChI=1S/C18H36N2/c1-4-17-8-13-20(12-7-11-19-17)15-18(14-16(2)3)9-5-6-10-18/h16-17,19H,4-15H2,1-3H3. The maximum absolute atomic E-state index is 3.70. The third-order valence-corrected chi connectivity index (χ3v) is 5.44. The molecular weight excluding hydrogens is 244 g/mol. The van der Waals surface area contributed by atoms with Crippen molar-refractivity contribution in [2.75, 3.05) is 26.2 Å². The largest absolute Gasteiger partial charge is 0.314 e. The van der Waals surface area contributed by atoms with Crippen LogP contribution in [0.15, 0.2) is 0 Å². The molecule has 1 atom stereocenters. The molecule has 0 aromatic heterocycles. The molecule has 1 saturated carbocycles. The molecule has 0 aromatic rings. The number of nitrogens with one attached hydrogen (secondary N) is 1. The van der Waals surface area contributed by atoms with Gasteiger partial charge in [-0.1, -0.05) is 33.6 Å². The minimum absolute atomic E-state index is 0.655. The molecule has 20 heavy (non-hydrogen) atoms. The lowest BCUT2D eigenvalue weighted by atomic mass is 9.78. The first kappa shape index (κ1) is 16.3. The van der Waals surface area contributed by atoms with Gasteiger partial charge in [0.25, 0.3) is 0 Å². The van der Waals surface area contributed by atoms with Gasteiger partial charge >= 0.3 is 0 Å². The van der Waals surface area contributed by atoms with Gasteiger partial charge in [0.05, 0.1) is 0 Å². The Kier molecular flexibility index (Phi) is 6.35. The van der Waals surface area contributed by atoms with E-state index in [0.29, 0.717) is 5.41 Å². The van der Waals surface area contributed by atoms with E-state index in [2.05, 4.69) is 31.0 Å². The van der Waals surface area contributed by atoms with Gasteiger partial charge in [-0.25, -0.2) is 0 Å². The fourth-order valence-electron chi connectivity index (χ4n) is 4.56. The highest BCUT2D eigenvalue weighted by molar-refractivity contribution is 4.89. The molecule has 2 nitrogen and oxygen atoms in total. The van der Waals surface area contributed by atoms with Gasteiger partial charge in [0.2, 0.25) is 0 Å². The van der Waals surface area contributed by atoms with Gasteiger partial charge in [-0.2, -0.15) is 0 Å². The van der Waals surface area contributed by atoms with Gasteiger partial charge in [0.1, 0.15) is 0 Å². The molecule has 0 amide bonds. The average molecular weight is 280 g/mol. The Hall–Kier alpha value is -0.0800. The molecule has 0 radical (unpaired) electrons. The first-order chi connectivity index (χ1) is 9.63. The number of hydrogen-bond acceptors (Lipinski definition) is 2. The second-order valence-corrected chi connectivity index (χ2v) is 7.78. The minimum atomic E-state index is 0.655. The van der Waals surface area contributed by atoms with Crippen molar-refractivity contribution < 1.29 is 0 Å². The molecule has 0 bridgehead atoms. The smallest absolute Gasteiger partial charge is 0.00766 e. The molecule has 1 aliphatic carbocycles. The van der Waals surface area contributed by atoms with Gasteiger partial charge < -0.3 is 10.2 Å². The monoisotopic (exact) mass is 280 g/mol. The maximum atomic E-state index is 3.70. The summed E-state index contributed by atoms with van der Waals surface area (Å²) in [7, 11) is 0. The van der Waals surface area contributed by atoms with E-state index in [4.69, 9.17) is 0 Å². The predicted molar refractivity (Wildman–Crippen MR) is 88.1 cm³/mol. The SMILES string of the molecule is CCC1CCN(CC2(CC(C)C)CCCC2)CCCN1. The summed E-state index contributed by atoms with van der Waals surface area (Å²) in [5.74, 6) is 0.855. The van der Waals surface area contributed by atoms with Crippen LogP contribution in [0.1, 0.15) is 72.1 Å². The van der Waals surface area contributed by atoms with Crippen LogP contribution in [0.25, 0.3) is 0 Å². The molecule has 1 unspecified atom stereocenters. The molecule has 0 spiro atoms. The van der Waals surface area contributed by atoms with Gasteiger partial charge in [0.15, 0.2) is 0 Å². The molecule has 2 aliphatic rings. The molecule has 0 aromatic carbocycles. The Bertz CT molecular complexity index is 269. The Labute approximate surface area is 126 Å². The number of hydrogen-bond donors (Lipinski definition) is 1. The van der Waals surface area contributed by atoms with Crippen molar-refractivity contribution in [3.8, 4) is 0 Å². The van der Waals surface area contributed by atoms with E-state index in [1.54, 1.807) is 0 Å². The van der Waals surface area contributed by atoms with Crippen LogP contribution in [0.3, 0.4) is 0 Å². The van der Waals surface area contributed by atoms with Crippen LogP contribution in [-0.4, -0.2) is 37.1 Å². The Morgan fingerprint density at radius 3 is 2.55 bits per heavy atom. The fraction of sp³-hybridized carbons (Fsp3) is 1.00. The van der Waals surface area contributed by atoms with E-state index in [0.717, 1.165) is 12.0 Å². The van der Waals surface area contributed by atoms with Crippen molar-refractivity contribution in [3.63, 3.8) is 0 Å². The van der Waals surface area contributed by atoms with Gasteiger partial charge in [-0.15, -0.1) is 0 Å². The fourth-order valence-corrected chi connectivity index (χ4v) is 4.56. The van der Waals surface area contributed by atoms with Gasteiger partial charge in [-0.05, 0) is 69.5 Å². The Morgan fingerprint density at radius 1 is 1.15 bits per heavy atom. The van der Waals surface area contributed by atoms with E-state index in [1.807, 2.05) is 0 Å². The molecule has 118 valence electrons. The molecule has 1 heterocycles. The zero-order valence-electron chi connectivity index (χ0n) is 14.1. The third kappa shape index (κ3) is 4.73. The summed E-state index contributed by atoms with van der Waals surface area (Å²) < 4.78 is 0. The molecule has 1 saturated heterocycles. The summed E-state index contributed by atoms with van der Waals surface area (Å²) in [5.41, 5.74) is 0.655. The predicted octanol–water partition coefficient (Wildman–Crippen LogP) is 4.06. The van der Waals surface area contributed by atoms with Crippen molar-refractivity contribution in [1.82, 2.24) is 10.2 Å². The van der Waals surface area contributed by atoms with Gasteiger partial charge in [0, 0.05) is 12.6 Å². The van der Waals surface area contributed by atoms with E-state index in [1.165, 1.54) is 77.5 Å². The molecule has 2 rings (SSSR count). The summed E-state index contributed by atoms with van der Waals surface area (Å²) in [5, 5.41) is 3.70. The third-order valence-electron chi connectivity index (χ3n) is 5.44. The van der Waals surface area contributed by atoms with E-state index < -0.39 is 0 Å². The van der Waals surface area contributed by atoms with Crippen LogP contribution in [0, 0.1) is 11.3 Å². The summed E-state index contributed by atoms with van der Waals surface area (Å²) >= 11 is 0. The van der Waals surface area contributed by atoms with Crippen LogP contribution in [0.5, 0.6) is 0 Å². The van der Waals surface area contributed by atoms with Crippen molar-refractivity contribution in [2.45, 2.75) is 78.2 Å². The minimum Gasteiger partial charge on any atom is -0.314 e. The summed E-state index contributed by atoms with van der Waals surface area (Å²) in [4.78, 5) is 2.80. The highest BCUT2D eigenvalue weighted by Gasteiger charge is 2.36. The van der Waals surface area contributed by atoms with Crippen LogP contribution >= 0.6 is 0 Å². The summed E-state index contributed by atoms with van der Waals surface area (Å²) in [6.45, 7) is 12.3. The van der Waals surface area contributed by atoms with Crippen molar-refractivity contribution in [1.29, 1.82) is 0 Å². The zero-order valence-corrected chi connectivity index (χ0v) is 14.1. The Morgan fingerprint density at radius 2 is 1.90 bits per heavy atom. The molecule has 1 N–H and O–H groups in total. The van der Waals surface area contributed by atoms with E-state index in [-0.39, 0.29) is 0 Å². The normalized spacial score (nSPS) is 28.5. The second kappa shape index (κ2) is 7.79. The summed E-state index contributed by atoms with van der Waals surface area (Å²) in [6.07, 6.45) is 11.3. The lowest BCUT2D eigenvalue weighted by Crippen LogP contribution is -2.43. The second-order valence-electron chi connectivity index (χ2n) is 7.78. The lowest BCUT2D eigenvalue weighted by Gasteiger charge is -2.38. The molecule has 2 heteroatoms. The Balaban J connectivity index is 1.91. The van der Waals surface area contributed by atoms with Crippen LogP contribution < -0.4 is 5.32 Å².